The van der Waals surface area contributed by atoms with Crippen LogP contribution in [0.4, 0.5) is 5.13 Å². The number of fused-ring (bicyclic) bond motifs is 1. The van der Waals surface area contributed by atoms with Crippen molar-refractivity contribution in [3.05, 3.63) is 12.3 Å². The summed E-state index contributed by atoms with van der Waals surface area (Å²) in [7, 11) is 0. The number of nitrogen functional groups attached to an aromatic ring is 1. The van der Waals surface area contributed by atoms with Crippen LogP contribution in [0, 0.1) is 5.92 Å². The second-order valence-corrected chi connectivity index (χ2v) is 4.86. The van der Waals surface area contributed by atoms with Gasteiger partial charge in [-0.2, -0.15) is 0 Å². The molecule has 3 rings (SSSR count). The molecule has 2 aromatic rings. The Hall–Kier alpha value is -1.36. The van der Waals surface area contributed by atoms with Crippen LogP contribution in [-0.2, 0) is 0 Å². The van der Waals surface area contributed by atoms with Gasteiger partial charge in [0, 0.05) is 6.07 Å². The number of nitrogens with two attached hydrogens (primary N) is 1. The van der Waals surface area contributed by atoms with Gasteiger partial charge in [0.05, 0.1) is 23.0 Å². The van der Waals surface area contributed by atoms with Crippen molar-refractivity contribution >= 4 is 26.7 Å². The van der Waals surface area contributed by atoms with E-state index in [4.69, 9.17) is 10.5 Å². The van der Waals surface area contributed by atoms with Crippen molar-refractivity contribution in [3.8, 4) is 5.88 Å². The molecular weight excluding hydrogens is 210 g/mol. The fraction of sp³-hybridized carbons (Fsp3) is 0.400. The summed E-state index contributed by atoms with van der Waals surface area (Å²) < 4.78 is 6.57. The number of aromatic nitrogens is 2. The Kier molecular flexibility index (Phi) is 1.98. The molecule has 1 aliphatic rings. The molecule has 2 heterocycles. The maximum Gasteiger partial charge on any atom is 0.215 e. The Bertz CT molecular complexity index is 492. The van der Waals surface area contributed by atoms with Crippen molar-refractivity contribution < 1.29 is 4.74 Å². The highest BCUT2D eigenvalue weighted by atomic mass is 32.1. The van der Waals surface area contributed by atoms with Crippen LogP contribution in [0.2, 0.25) is 0 Å². The maximum atomic E-state index is 5.61. The number of ether oxygens (including phenoxy) is 1. The van der Waals surface area contributed by atoms with E-state index >= 15 is 0 Å². The third kappa shape index (κ3) is 1.87. The zero-order valence-corrected chi connectivity index (χ0v) is 8.96. The molecule has 15 heavy (non-hydrogen) atoms. The molecule has 2 N–H and O–H groups in total. The minimum atomic E-state index is 0.575. The zero-order valence-electron chi connectivity index (χ0n) is 8.14. The molecule has 78 valence electrons. The number of thiazole rings is 1. The molecular formula is C10H11N3OS. The van der Waals surface area contributed by atoms with Gasteiger partial charge in [-0.1, -0.05) is 11.3 Å². The van der Waals surface area contributed by atoms with E-state index in [1.807, 2.05) is 6.07 Å². The topological polar surface area (TPSA) is 61.0 Å². The molecule has 0 bridgehead atoms. The summed E-state index contributed by atoms with van der Waals surface area (Å²) in [5, 5.41) is 0.575. The molecule has 1 fully saturated rings. The highest BCUT2D eigenvalue weighted by Gasteiger charge is 2.22. The van der Waals surface area contributed by atoms with Crippen LogP contribution in [0.1, 0.15) is 12.8 Å². The number of hydrogen-bond acceptors (Lipinski definition) is 5. The molecule has 0 atom stereocenters. The van der Waals surface area contributed by atoms with Crippen LogP contribution >= 0.6 is 11.3 Å². The van der Waals surface area contributed by atoms with E-state index < -0.39 is 0 Å². The van der Waals surface area contributed by atoms with Gasteiger partial charge >= 0.3 is 0 Å². The molecule has 0 aromatic carbocycles. The summed E-state index contributed by atoms with van der Waals surface area (Å²) in [6, 6.07) is 1.85. The van der Waals surface area contributed by atoms with Crippen molar-refractivity contribution in [2.24, 2.45) is 5.92 Å². The van der Waals surface area contributed by atoms with Crippen molar-refractivity contribution in [1.82, 2.24) is 9.97 Å². The lowest BCUT2D eigenvalue weighted by Crippen LogP contribution is -2.00. The molecule has 4 nitrogen and oxygen atoms in total. The highest BCUT2D eigenvalue weighted by Crippen LogP contribution is 2.30. The van der Waals surface area contributed by atoms with Crippen molar-refractivity contribution in [3.63, 3.8) is 0 Å². The van der Waals surface area contributed by atoms with Crippen LogP contribution in [0.25, 0.3) is 10.2 Å². The van der Waals surface area contributed by atoms with Gasteiger partial charge in [0.2, 0.25) is 5.88 Å². The van der Waals surface area contributed by atoms with Gasteiger partial charge in [0.15, 0.2) is 5.13 Å². The van der Waals surface area contributed by atoms with Gasteiger partial charge in [0.25, 0.3) is 0 Å². The molecule has 1 saturated carbocycles. The second-order valence-electron chi connectivity index (χ2n) is 3.80. The first kappa shape index (κ1) is 8.91. The Morgan fingerprint density at radius 2 is 2.40 bits per heavy atom. The molecule has 2 aromatic heterocycles. The number of pyridine rings is 1. The third-order valence-electron chi connectivity index (χ3n) is 2.43. The van der Waals surface area contributed by atoms with Gasteiger partial charge in [-0.3, -0.25) is 0 Å². The Morgan fingerprint density at radius 1 is 1.53 bits per heavy atom. The Labute approximate surface area is 91.1 Å². The van der Waals surface area contributed by atoms with Crippen molar-refractivity contribution in [1.29, 1.82) is 0 Å². The molecule has 0 radical (unpaired) electrons. The lowest BCUT2D eigenvalue weighted by atomic mass is 10.4. The van der Waals surface area contributed by atoms with E-state index in [0.717, 1.165) is 22.7 Å². The molecule has 0 unspecified atom stereocenters. The summed E-state index contributed by atoms with van der Waals surface area (Å²) >= 11 is 1.45. The lowest BCUT2D eigenvalue weighted by Gasteiger charge is -2.02. The first-order valence-electron chi connectivity index (χ1n) is 4.96. The van der Waals surface area contributed by atoms with Crippen LogP contribution in [0.5, 0.6) is 5.88 Å². The molecule has 5 heteroatoms. The quantitative estimate of drug-likeness (QED) is 0.861. The van der Waals surface area contributed by atoms with Crippen molar-refractivity contribution in [2.45, 2.75) is 12.8 Å². The standard InChI is InChI=1S/C10H11N3OS/c11-10-13-7-3-9(12-4-8(7)15-10)14-5-6-1-2-6/h3-4,6H,1-2,5H2,(H2,11,13). The van der Waals surface area contributed by atoms with Crippen LogP contribution in [0.15, 0.2) is 12.3 Å². The Balaban J connectivity index is 1.84. The zero-order chi connectivity index (χ0) is 10.3. The third-order valence-corrected chi connectivity index (χ3v) is 3.27. The van der Waals surface area contributed by atoms with Gasteiger partial charge in [-0.05, 0) is 18.8 Å². The first-order chi connectivity index (χ1) is 7.31. The average molecular weight is 221 g/mol. The SMILES string of the molecule is Nc1nc2cc(OCC3CC3)ncc2s1. The maximum absolute atomic E-state index is 5.61. The summed E-state index contributed by atoms with van der Waals surface area (Å²) in [6.45, 7) is 0.776. The van der Waals surface area contributed by atoms with E-state index in [-0.39, 0.29) is 0 Å². The average Bonchev–Trinajstić information content (AvgIpc) is 2.96. The number of nitrogens with zero attached hydrogens (tertiary/aromatic N) is 2. The van der Waals surface area contributed by atoms with E-state index in [9.17, 15) is 0 Å². The van der Waals surface area contributed by atoms with Crippen LogP contribution < -0.4 is 10.5 Å². The summed E-state index contributed by atoms with van der Waals surface area (Å²) in [6.07, 6.45) is 4.34. The number of anilines is 1. The van der Waals surface area contributed by atoms with Crippen LogP contribution in [-0.4, -0.2) is 16.6 Å². The lowest BCUT2D eigenvalue weighted by molar-refractivity contribution is 0.289. The smallest absolute Gasteiger partial charge is 0.215 e. The van der Waals surface area contributed by atoms with Crippen LogP contribution in [0.3, 0.4) is 0 Å². The largest absolute Gasteiger partial charge is 0.477 e. The first-order valence-corrected chi connectivity index (χ1v) is 5.78. The fourth-order valence-electron chi connectivity index (χ4n) is 1.40. The van der Waals surface area contributed by atoms with Gasteiger partial charge in [0.1, 0.15) is 0 Å². The predicted molar refractivity (Wildman–Crippen MR) is 60.0 cm³/mol. The van der Waals surface area contributed by atoms with Gasteiger partial charge < -0.3 is 10.5 Å². The highest BCUT2D eigenvalue weighted by molar-refractivity contribution is 7.22. The predicted octanol–water partition coefficient (Wildman–Crippen LogP) is 2.06. The number of hydrogen-bond donors (Lipinski definition) is 1. The van der Waals surface area contributed by atoms with Gasteiger partial charge in [-0.25, -0.2) is 9.97 Å². The Morgan fingerprint density at radius 3 is 3.20 bits per heavy atom. The summed E-state index contributed by atoms with van der Waals surface area (Å²) in [5.74, 6) is 1.39. The van der Waals surface area contributed by atoms with E-state index in [1.165, 1.54) is 24.2 Å². The van der Waals surface area contributed by atoms with E-state index in [0.29, 0.717) is 11.0 Å². The van der Waals surface area contributed by atoms with Gasteiger partial charge in [-0.15, -0.1) is 0 Å². The second kappa shape index (κ2) is 3.34. The molecule has 0 aliphatic heterocycles. The molecule has 0 saturated heterocycles. The summed E-state index contributed by atoms with van der Waals surface area (Å²) in [5.41, 5.74) is 6.49. The molecule has 1 aliphatic carbocycles. The number of rotatable bonds is 3. The van der Waals surface area contributed by atoms with E-state index in [2.05, 4.69) is 9.97 Å². The van der Waals surface area contributed by atoms with Crippen molar-refractivity contribution in [2.75, 3.05) is 12.3 Å². The summed E-state index contributed by atoms with van der Waals surface area (Å²) in [4.78, 5) is 8.41. The minimum absolute atomic E-state index is 0.575. The molecule has 0 amide bonds. The normalized spacial score (nSPS) is 15.7. The monoisotopic (exact) mass is 221 g/mol. The van der Waals surface area contributed by atoms with E-state index in [1.54, 1.807) is 6.20 Å². The fourth-order valence-corrected chi connectivity index (χ4v) is 2.08. The molecule has 0 spiro atoms. The minimum Gasteiger partial charge on any atom is -0.477 e.